The van der Waals surface area contributed by atoms with Crippen molar-refractivity contribution in [2.45, 2.75) is 71.3 Å². The first-order chi connectivity index (χ1) is 13.7. The molecule has 28 heavy (non-hydrogen) atoms. The van der Waals surface area contributed by atoms with Gasteiger partial charge >= 0.3 is 0 Å². The Morgan fingerprint density at radius 1 is 1.04 bits per heavy atom. The Labute approximate surface area is 169 Å². The summed E-state index contributed by atoms with van der Waals surface area (Å²) in [7, 11) is 0. The molecule has 4 rings (SSSR count). The fourth-order valence-electron chi connectivity index (χ4n) is 5.07. The molecule has 0 atom stereocenters. The number of hydrogen-bond donors (Lipinski definition) is 0. The second-order valence-electron chi connectivity index (χ2n) is 8.66. The highest BCUT2D eigenvalue weighted by atomic mass is 16.1. The molecule has 0 amide bonds. The number of unbranched alkanes of at least 4 members (excludes halogenated alkanes) is 1. The largest absolute Gasteiger partial charge is 0.310 e. The van der Waals surface area contributed by atoms with Crippen LogP contribution in [0.15, 0.2) is 24.3 Å². The highest BCUT2D eigenvalue weighted by Gasteiger charge is 2.26. The van der Waals surface area contributed by atoms with E-state index in [-0.39, 0.29) is 5.78 Å². The number of fused-ring (bicyclic) bond motifs is 1. The molecule has 1 saturated heterocycles. The van der Waals surface area contributed by atoms with Crippen LogP contribution in [0.25, 0.3) is 10.9 Å². The van der Waals surface area contributed by atoms with Crippen molar-refractivity contribution >= 4 is 16.7 Å². The predicted octanol–water partition coefficient (Wildman–Crippen LogP) is 4.77. The third-order valence-electron chi connectivity index (χ3n) is 6.71. The van der Waals surface area contributed by atoms with Crippen LogP contribution in [0.4, 0.5) is 0 Å². The lowest BCUT2D eigenvalue weighted by Gasteiger charge is -2.42. The maximum Gasteiger partial charge on any atom is 0.159 e. The van der Waals surface area contributed by atoms with E-state index in [9.17, 15) is 4.79 Å². The van der Waals surface area contributed by atoms with Gasteiger partial charge in [-0.1, -0.05) is 32.6 Å². The Kier molecular flexibility index (Phi) is 6.05. The molecule has 152 valence electrons. The van der Waals surface area contributed by atoms with Crippen LogP contribution in [0, 0.1) is 0 Å². The normalized spacial score (nSPS) is 19.4. The minimum Gasteiger partial charge on any atom is -0.310 e. The van der Waals surface area contributed by atoms with Crippen molar-refractivity contribution in [3.8, 4) is 0 Å². The van der Waals surface area contributed by atoms with Gasteiger partial charge in [0.15, 0.2) is 5.78 Å². The van der Waals surface area contributed by atoms with Gasteiger partial charge in [-0.3, -0.25) is 14.4 Å². The Balaban J connectivity index is 1.57. The zero-order valence-corrected chi connectivity index (χ0v) is 17.6. The zero-order valence-electron chi connectivity index (χ0n) is 17.6. The number of ketones is 1. The van der Waals surface area contributed by atoms with E-state index in [1.807, 2.05) is 6.07 Å². The number of aryl methyl sites for hydroxylation is 1. The van der Waals surface area contributed by atoms with Gasteiger partial charge in [-0.25, -0.2) is 0 Å². The fourth-order valence-corrected chi connectivity index (χ4v) is 5.07. The molecule has 4 heteroatoms. The number of piperazine rings is 1. The van der Waals surface area contributed by atoms with Crippen LogP contribution in [0.1, 0.15) is 74.8 Å². The van der Waals surface area contributed by atoms with E-state index in [2.05, 4.69) is 39.7 Å². The molecule has 2 fully saturated rings. The minimum atomic E-state index is 0.144. The van der Waals surface area contributed by atoms with Gasteiger partial charge in [0.25, 0.3) is 0 Å². The van der Waals surface area contributed by atoms with Crippen LogP contribution < -0.4 is 5.01 Å². The first kappa shape index (κ1) is 19.5. The number of aromatic nitrogens is 1. The van der Waals surface area contributed by atoms with E-state index in [0.717, 1.165) is 31.1 Å². The highest BCUT2D eigenvalue weighted by Crippen LogP contribution is 2.26. The minimum absolute atomic E-state index is 0.144. The molecule has 1 aromatic heterocycles. The van der Waals surface area contributed by atoms with Gasteiger partial charge in [0.2, 0.25) is 0 Å². The van der Waals surface area contributed by atoms with Crippen molar-refractivity contribution in [2.75, 3.05) is 31.2 Å². The average molecular weight is 382 g/mol. The zero-order chi connectivity index (χ0) is 19.5. The van der Waals surface area contributed by atoms with E-state index in [1.165, 1.54) is 74.6 Å². The average Bonchev–Trinajstić information content (AvgIpc) is 3.10. The smallest absolute Gasteiger partial charge is 0.159 e. The number of Topliss-reactive ketones (excluding diaryl/α,β-unsaturated/α-hetero) is 1. The van der Waals surface area contributed by atoms with E-state index in [1.54, 1.807) is 6.92 Å². The van der Waals surface area contributed by atoms with Crippen molar-refractivity contribution in [2.24, 2.45) is 0 Å². The summed E-state index contributed by atoms with van der Waals surface area (Å²) in [5, 5.41) is 3.74. The van der Waals surface area contributed by atoms with Crippen molar-refractivity contribution < 1.29 is 4.79 Å². The third kappa shape index (κ3) is 3.98. The molecule has 1 aromatic carbocycles. The summed E-state index contributed by atoms with van der Waals surface area (Å²) < 4.78 is 2.47. The second kappa shape index (κ2) is 8.69. The number of carbonyl (C=O) groups is 1. The quantitative estimate of drug-likeness (QED) is 0.675. The molecule has 0 unspecified atom stereocenters. The molecule has 1 aliphatic heterocycles. The Morgan fingerprint density at radius 3 is 2.46 bits per heavy atom. The van der Waals surface area contributed by atoms with E-state index in [4.69, 9.17) is 0 Å². The molecule has 2 aliphatic rings. The van der Waals surface area contributed by atoms with Crippen molar-refractivity contribution in [3.63, 3.8) is 0 Å². The molecule has 2 aromatic rings. The molecule has 1 saturated carbocycles. The highest BCUT2D eigenvalue weighted by molar-refractivity contribution is 5.98. The summed E-state index contributed by atoms with van der Waals surface area (Å²) in [5.74, 6) is 0.144. The first-order valence-electron chi connectivity index (χ1n) is 11.3. The van der Waals surface area contributed by atoms with Gasteiger partial charge in [0, 0.05) is 48.9 Å². The van der Waals surface area contributed by atoms with Crippen molar-refractivity contribution in [3.05, 3.63) is 35.5 Å². The van der Waals surface area contributed by atoms with E-state index in [0.29, 0.717) is 0 Å². The molecule has 4 nitrogen and oxygen atoms in total. The van der Waals surface area contributed by atoms with Gasteiger partial charge in [-0.2, -0.15) is 0 Å². The van der Waals surface area contributed by atoms with Gasteiger partial charge in [-0.05, 0) is 56.9 Å². The molecular formula is C24H35N3O. The maximum atomic E-state index is 11.8. The van der Waals surface area contributed by atoms with Gasteiger partial charge in [-0.15, -0.1) is 0 Å². The Morgan fingerprint density at radius 2 is 1.79 bits per heavy atom. The van der Waals surface area contributed by atoms with Crippen molar-refractivity contribution in [1.82, 2.24) is 9.58 Å². The number of rotatable bonds is 6. The molecular weight excluding hydrogens is 346 g/mol. The summed E-state index contributed by atoms with van der Waals surface area (Å²) in [6.45, 7) is 8.43. The lowest BCUT2D eigenvalue weighted by molar-refractivity contribution is 0.101. The number of carbonyl (C=O) groups excluding carboxylic acids is 1. The topological polar surface area (TPSA) is 28.5 Å². The van der Waals surface area contributed by atoms with Crippen LogP contribution >= 0.6 is 0 Å². The summed E-state index contributed by atoms with van der Waals surface area (Å²) in [6.07, 6.45) is 10.5. The van der Waals surface area contributed by atoms with Crippen LogP contribution in [0.5, 0.6) is 0 Å². The first-order valence-corrected chi connectivity index (χ1v) is 11.3. The maximum absolute atomic E-state index is 11.8. The van der Waals surface area contributed by atoms with Crippen LogP contribution in [-0.4, -0.2) is 47.6 Å². The molecule has 0 N–H and O–H groups in total. The molecule has 1 aliphatic carbocycles. The molecule has 0 radical (unpaired) electrons. The SMILES string of the molecule is CCCCc1cc2cc(C(C)=O)ccc2n1N1CCN(C2CCCCC2)CC1. The number of hydrogen-bond acceptors (Lipinski definition) is 3. The Bertz CT molecular complexity index is 811. The summed E-state index contributed by atoms with van der Waals surface area (Å²) in [6, 6.07) is 9.33. The van der Waals surface area contributed by atoms with Crippen LogP contribution in [-0.2, 0) is 6.42 Å². The Hall–Kier alpha value is -1.81. The number of benzene rings is 1. The van der Waals surface area contributed by atoms with Crippen molar-refractivity contribution in [1.29, 1.82) is 0 Å². The summed E-state index contributed by atoms with van der Waals surface area (Å²) >= 11 is 0. The predicted molar refractivity (Wildman–Crippen MR) is 117 cm³/mol. The third-order valence-corrected chi connectivity index (χ3v) is 6.71. The van der Waals surface area contributed by atoms with E-state index >= 15 is 0 Å². The summed E-state index contributed by atoms with van der Waals surface area (Å²) in [5.41, 5.74) is 3.46. The molecule has 0 bridgehead atoms. The second-order valence-corrected chi connectivity index (χ2v) is 8.66. The number of nitrogens with zero attached hydrogens (tertiary/aromatic N) is 3. The fraction of sp³-hybridized carbons (Fsp3) is 0.625. The van der Waals surface area contributed by atoms with Gasteiger partial charge < -0.3 is 5.01 Å². The lowest BCUT2D eigenvalue weighted by atomic mass is 9.94. The molecule has 2 heterocycles. The molecule has 0 spiro atoms. The van der Waals surface area contributed by atoms with Gasteiger partial charge in [0.1, 0.15) is 0 Å². The monoisotopic (exact) mass is 381 g/mol. The van der Waals surface area contributed by atoms with Crippen LogP contribution in [0.3, 0.4) is 0 Å². The lowest BCUT2D eigenvalue weighted by Crippen LogP contribution is -2.54. The van der Waals surface area contributed by atoms with E-state index < -0.39 is 0 Å². The summed E-state index contributed by atoms with van der Waals surface area (Å²) in [4.78, 5) is 14.6. The van der Waals surface area contributed by atoms with Crippen LogP contribution in [0.2, 0.25) is 0 Å². The standard InChI is InChI=1S/C24H35N3O/c1-3-4-8-23-18-21-17-20(19(2)28)11-12-24(21)27(23)26-15-13-25(14-16-26)22-9-6-5-7-10-22/h11-12,17-18,22H,3-10,13-16H2,1-2H3. The van der Waals surface area contributed by atoms with Gasteiger partial charge in [0.05, 0.1) is 5.52 Å².